The van der Waals surface area contributed by atoms with Crippen molar-refractivity contribution in [3.63, 3.8) is 0 Å². The van der Waals surface area contributed by atoms with E-state index in [1.807, 2.05) is 37.3 Å². The second-order valence-electron chi connectivity index (χ2n) is 5.97. The summed E-state index contributed by atoms with van der Waals surface area (Å²) in [5.41, 5.74) is 2.74. The molecule has 0 amide bonds. The molecule has 3 rings (SSSR count). The van der Waals surface area contributed by atoms with Crippen LogP contribution in [0.4, 0.5) is 5.69 Å². The van der Waals surface area contributed by atoms with Crippen LogP contribution in [0.1, 0.15) is 16.7 Å². The van der Waals surface area contributed by atoms with Crippen LogP contribution in [0.2, 0.25) is 0 Å². The van der Waals surface area contributed by atoms with Crippen molar-refractivity contribution in [3.05, 3.63) is 95.6 Å². The molecule has 0 aliphatic heterocycles. The first kappa shape index (κ1) is 17.7. The number of anilines is 1. The van der Waals surface area contributed by atoms with Crippen LogP contribution in [0, 0.1) is 18.3 Å². The lowest BCUT2D eigenvalue weighted by Crippen LogP contribution is -2.30. The van der Waals surface area contributed by atoms with Gasteiger partial charge in [-0.3, -0.25) is 4.31 Å². The van der Waals surface area contributed by atoms with E-state index in [2.05, 4.69) is 6.07 Å². The second kappa shape index (κ2) is 7.42. The van der Waals surface area contributed by atoms with E-state index in [0.717, 1.165) is 11.1 Å². The number of hydrogen-bond donors (Lipinski definition) is 0. The molecule has 26 heavy (non-hydrogen) atoms. The lowest BCUT2D eigenvalue weighted by atomic mass is 10.2. The Bertz CT molecular complexity index is 1040. The van der Waals surface area contributed by atoms with Crippen LogP contribution in [0.15, 0.2) is 83.8 Å². The van der Waals surface area contributed by atoms with Crippen molar-refractivity contribution < 1.29 is 8.42 Å². The van der Waals surface area contributed by atoms with Crippen LogP contribution in [0.5, 0.6) is 0 Å². The fourth-order valence-electron chi connectivity index (χ4n) is 2.63. The Balaban J connectivity index is 2.10. The van der Waals surface area contributed by atoms with Gasteiger partial charge in [0.15, 0.2) is 0 Å². The van der Waals surface area contributed by atoms with Gasteiger partial charge >= 0.3 is 0 Å². The summed E-state index contributed by atoms with van der Waals surface area (Å²) in [5.74, 6) is 0. The van der Waals surface area contributed by atoms with Crippen molar-refractivity contribution in [3.8, 4) is 6.07 Å². The molecule has 0 atom stereocenters. The Kier molecular flexibility index (Phi) is 5.06. The zero-order valence-electron chi connectivity index (χ0n) is 14.3. The van der Waals surface area contributed by atoms with Crippen molar-refractivity contribution in [1.82, 2.24) is 0 Å². The van der Waals surface area contributed by atoms with Crippen molar-refractivity contribution in [2.45, 2.75) is 18.4 Å². The molecule has 0 unspecified atom stereocenters. The third kappa shape index (κ3) is 3.76. The Morgan fingerprint density at radius 3 is 2.27 bits per heavy atom. The van der Waals surface area contributed by atoms with E-state index in [9.17, 15) is 8.42 Å². The maximum atomic E-state index is 13.3. The molecule has 0 radical (unpaired) electrons. The molecule has 130 valence electrons. The normalized spacial score (nSPS) is 10.9. The quantitative estimate of drug-likeness (QED) is 0.681. The summed E-state index contributed by atoms with van der Waals surface area (Å²) in [5, 5.41) is 9.17. The molecule has 0 aromatic heterocycles. The summed E-state index contributed by atoms with van der Waals surface area (Å²) >= 11 is 0. The van der Waals surface area contributed by atoms with Gasteiger partial charge in [-0.1, -0.05) is 54.1 Å². The molecule has 3 aromatic rings. The summed E-state index contributed by atoms with van der Waals surface area (Å²) in [6.07, 6.45) is 0. The van der Waals surface area contributed by atoms with E-state index in [0.29, 0.717) is 11.3 Å². The largest absolute Gasteiger partial charge is 0.264 e. The highest BCUT2D eigenvalue weighted by Crippen LogP contribution is 2.27. The molecule has 0 saturated carbocycles. The van der Waals surface area contributed by atoms with E-state index < -0.39 is 10.0 Å². The first-order valence-electron chi connectivity index (χ1n) is 8.14. The monoisotopic (exact) mass is 362 g/mol. The molecular formula is C21H18N2O2S. The number of aryl methyl sites for hydroxylation is 1. The molecule has 0 heterocycles. The van der Waals surface area contributed by atoms with Crippen LogP contribution in [-0.2, 0) is 16.6 Å². The average molecular weight is 362 g/mol. The number of rotatable bonds is 5. The van der Waals surface area contributed by atoms with Gasteiger partial charge in [0.1, 0.15) is 0 Å². The Morgan fingerprint density at radius 2 is 1.62 bits per heavy atom. The first-order valence-corrected chi connectivity index (χ1v) is 9.58. The van der Waals surface area contributed by atoms with E-state index >= 15 is 0 Å². The predicted octanol–water partition coefficient (Wildman–Crippen LogP) is 4.26. The second-order valence-corrected chi connectivity index (χ2v) is 7.83. The molecule has 4 nitrogen and oxygen atoms in total. The molecule has 0 bridgehead atoms. The Labute approximate surface area is 154 Å². The molecule has 3 aromatic carbocycles. The zero-order chi connectivity index (χ0) is 18.6. The Morgan fingerprint density at radius 1 is 0.923 bits per heavy atom. The molecule has 0 aliphatic carbocycles. The van der Waals surface area contributed by atoms with Gasteiger partial charge in [0.2, 0.25) is 0 Å². The fraction of sp³-hybridized carbons (Fsp3) is 0.0952. The van der Waals surface area contributed by atoms with Crippen LogP contribution >= 0.6 is 0 Å². The van der Waals surface area contributed by atoms with Gasteiger partial charge in [-0.05, 0) is 42.8 Å². The molecule has 5 heteroatoms. The summed E-state index contributed by atoms with van der Waals surface area (Å²) in [7, 11) is -3.77. The van der Waals surface area contributed by atoms with Crippen molar-refractivity contribution in [2.75, 3.05) is 4.31 Å². The van der Waals surface area contributed by atoms with Crippen LogP contribution < -0.4 is 4.31 Å². The summed E-state index contributed by atoms with van der Waals surface area (Å²) in [6.45, 7) is 2.10. The zero-order valence-corrected chi connectivity index (χ0v) is 15.1. The molecular weight excluding hydrogens is 344 g/mol. The first-order chi connectivity index (χ1) is 12.5. The third-order valence-electron chi connectivity index (χ3n) is 4.04. The lowest BCUT2D eigenvalue weighted by Gasteiger charge is -2.25. The van der Waals surface area contributed by atoms with Gasteiger partial charge in [-0.2, -0.15) is 5.26 Å². The van der Waals surface area contributed by atoms with Crippen LogP contribution in [-0.4, -0.2) is 8.42 Å². The highest BCUT2D eigenvalue weighted by atomic mass is 32.2. The minimum atomic E-state index is -3.77. The smallest absolute Gasteiger partial charge is 0.262 e. The minimum absolute atomic E-state index is 0.186. The maximum absolute atomic E-state index is 13.3. The average Bonchev–Trinajstić information content (AvgIpc) is 2.67. The maximum Gasteiger partial charge on any atom is 0.264 e. The predicted molar refractivity (Wildman–Crippen MR) is 102 cm³/mol. The van der Waals surface area contributed by atoms with E-state index in [4.69, 9.17) is 5.26 Å². The van der Waals surface area contributed by atoms with Gasteiger partial charge in [-0.15, -0.1) is 0 Å². The number of benzene rings is 3. The van der Waals surface area contributed by atoms with Gasteiger partial charge < -0.3 is 0 Å². The standard InChI is InChI=1S/C21H18N2O2S/c1-17-10-12-21(13-11-17)26(24,25)23(16-18-6-3-2-4-7-18)20-9-5-8-19(14-20)15-22/h2-14H,16H2,1H3. The highest BCUT2D eigenvalue weighted by Gasteiger charge is 2.25. The number of hydrogen-bond acceptors (Lipinski definition) is 3. The summed E-state index contributed by atoms with van der Waals surface area (Å²) in [6, 6.07) is 24.9. The number of nitrogens with zero attached hydrogens (tertiary/aromatic N) is 2. The number of nitriles is 1. The molecule has 0 N–H and O–H groups in total. The number of sulfonamides is 1. The molecule has 0 saturated heterocycles. The van der Waals surface area contributed by atoms with Crippen molar-refractivity contribution in [2.24, 2.45) is 0 Å². The molecule has 0 aliphatic rings. The van der Waals surface area contributed by atoms with Crippen LogP contribution in [0.3, 0.4) is 0 Å². The van der Waals surface area contributed by atoms with Crippen LogP contribution in [0.25, 0.3) is 0 Å². The van der Waals surface area contributed by atoms with Crippen molar-refractivity contribution >= 4 is 15.7 Å². The molecule has 0 spiro atoms. The topological polar surface area (TPSA) is 61.2 Å². The third-order valence-corrected chi connectivity index (χ3v) is 5.83. The Hall–Kier alpha value is -3.10. The van der Waals surface area contributed by atoms with Crippen molar-refractivity contribution in [1.29, 1.82) is 5.26 Å². The van der Waals surface area contributed by atoms with E-state index in [1.165, 1.54) is 4.31 Å². The van der Waals surface area contributed by atoms with Gasteiger partial charge in [0.05, 0.1) is 28.8 Å². The molecule has 0 fully saturated rings. The highest BCUT2D eigenvalue weighted by molar-refractivity contribution is 7.92. The lowest BCUT2D eigenvalue weighted by molar-refractivity contribution is 0.590. The fourth-order valence-corrected chi connectivity index (χ4v) is 4.08. The summed E-state index contributed by atoms with van der Waals surface area (Å²) < 4.78 is 27.9. The summed E-state index contributed by atoms with van der Waals surface area (Å²) in [4.78, 5) is 0.224. The minimum Gasteiger partial charge on any atom is -0.262 e. The van der Waals surface area contributed by atoms with Gasteiger partial charge in [-0.25, -0.2) is 8.42 Å². The van der Waals surface area contributed by atoms with E-state index in [1.54, 1.807) is 48.5 Å². The SMILES string of the molecule is Cc1ccc(S(=O)(=O)N(Cc2ccccc2)c2cccc(C#N)c2)cc1. The van der Waals surface area contributed by atoms with Gasteiger partial charge in [0.25, 0.3) is 10.0 Å². The van der Waals surface area contributed by atoms with Gasteiger partial charge in [0, 0.05) is 0 Å². The van der Waals surface area contributed by atoms with E-state index in [-0.39, 0.29) is 11.4 Å².